The van der Waals surface area contributed by atoms with Crippen LogP contribution in [0.3, 0.4) is 0 Å². The minimum Gasteiger partial charge on any atom is -0.467 e. The third-order valence-corrected chi connectivity index (χ3v) is 2.93. The highest BCUT2D eigenvalue weighted by Crippen LogP contribution is 2.17. The van der Waals surface area contributed by atoms with E-state index in [1.165, 1.54) is 24.7 Å². The van der Waals surface area contributed by atoms with E-state index in [2.05, 4.69) is 5.32 Å². The van der Waals surface area contributed by atoms with Gasteiger partial charge in [0.05, 0.1) is 12.7 Å². The van der Waals surface area contributed by atoms with Gasteiger partial charge in [-0.2, -0.15) is 0 Å². The lowest BCUT2D eigenvalue weighted by molar-refractivity contribution is -0.141. The SMILES string of the molecule is CCCC(Nc1ccc(C=O)c(C(=O)NO)c1)C(=O)OC. The van der Waals surface area contributed by atoms with E-state index in [4.69, 9.17) is 9.94 Å². The molecule has 0 aliphatic carbocycles. The second-order valence-electron chi connectivity index (χ2n) is 4.37. The molecule has 21 heavy (non-hydrogen) atoms. The Balaban J connectivity index is 3.04. The summed E-state index contributed by atoms with van der Waals surface area (Å²) < 4.78 is 4.70. The van der Waals surface area contributed by atoms with Gasteiger partial charge in [-0.25, -0.2) is 10.3 Å². The number of carbonyl (C=O) groups excluding carboxylic acids is 3. The van der Waals surface area contributed by atoms with Crippen LogP contribution in [0.1, 0.15) is 40.5 Å². The maximum absolute atomic E-state index is 11.6. The van der Waals surface area contributed by atoms with Gasteiger partial charge in [-0.05, 0) is 24.6 Å². The number of methoxy groups -OCH3 is 1. The first-order chi connectivity index (χ1) is 10.1. The number of amides is 1. The molecular weight excluding hydrogens is 276 g/mol. The summed E-state index contributed by atoms with van der Waals surface area (Å²) in [5.74, 6) is -1.21. The number of benzene rings is 1. The summed E-state index contributed by atoms with van der Waals surface area (Å²) in [6.45, 7) is 1.93. The van der Waals surface area contributed by atoms with Crippen molar-refractivity contribution in [1.82, 2.24) is 5.48 Å². The normalized spacial score (nSPS) is 11.4. The van der Waals surface area contributed by atoms with Crippen LogP contribution in [0.4, 0.5) is 5.69 Å². The van der Waals surface area contributed by atoms with Gasteiger partial charge >= 0.3 is 5.97 Å². The molecule has 1 amide bonds. The van der Waals surface area contributed by atoms with E-state index < -0.39 is 17.9 Å². The summed E-state index contributed by atoms with van der Waals surface area (Å²) in [7, 11) is 1.30. The Morgan fingerprint density at radius 1 is 1.43 bits per heavy atom. The van der Waals surface area contributed by atoms with Crippen LogP contribution in [-0.2, 0) is 9.53 Å². The summed E-state index contributed by atoms with van der Waals surface area (Å²) in [4.78, 5) is 34.0. The molecule has 0 radical (unpaired) electrons. The number of hydrogen-bond donors (Lipinski definition) is 3. The molecule has 1 unspecified atom stereocenters. The van der Waals surface area contributed by atoms with Crippen LogP contribution in [0.25, 0.3) is 0 Å². The third kappa shape index (κ3) is 4.28. The molecular formula is C14H18N2O5. The number of rotatable bonds is 7. The Bertz CT molecular complexity index is 530. The summed E-state index contributed by atoms with van der Waals surface area (Å²) in [5, 5.41) is 11.6. The van der Waals surface area contributed by atoms with Gasteiger partial charge in [-0.3, -0.25) is 14.8 Å². The summed E-state index contributed by atoms with van der Waals surface area (Å²) in [6, 6.07) is 3.84. The van der Waals surface area contributed by atoms with E-state index in [9.17, 15) is 14.4 Å². The van der Waals surface area contributed by atoms with Crippen LogP contribution in [0.2, 0.25) is 0 Å². The molecule has 0 bridgehead atoms. The quantitative estimate of drug-likeness (QED) is 0.304. The number of hydrogen-bond acceptors (Lipinski definition) is 6. The molecule has 1 rings (SSSR count). The van der Waals surface area contributed by atoms with Crippen LogP contribution in [-0.4, -0.2) is 36.5 Å². The predicted octanol–water partition coefficient (Wildman–Crippen LogP) is 1.37. The summed E-state index contributed by atoms with van der Waals surface area (Å²) in [6.07, 6.45) is 1.84. The zero-order valence-corrected chi connectivity index (χ0v) is 11.9. The van der Waals surface area contributed by atoms with Gasteiger partial charge in [0.25, 0.3) is 5.91 Å². The summed E-state index contributed by atoms with van der Waals surface area (Å²) >= 11 is 0. The highest BCUT2D eigenvalue weighted by Gasteiger charge is 2.19. The number of carbonyl (C=O) groups is 3. The van der Waals surface area contributed by atoms with Crippen LogP contribution in [0, 0.1) is 0 Å². The smallest absolute Gasteiger partial charge is 0.328 e. The van der Waals surface area contributed by atoms with Crippen molar-refractivity contribution in [2.75, 3.05) is 12.4 Å². The summed E-state index contributed by atoms with van der Waals surface area (Å²) in [5.41, 5.74) is 2.10. The van der Waals surface area contributed by atoms with Crippen molar-refractivity contribution in [2.24, 2.45) is 0 Å². The van der Waals surface area contributed by atoms with Gasteiger partial charge in [-0.1, -0.05) is 13.3 Å². The minimum atomic E-state index is -0.800. The zero-order chi connectivity index (χ0) is 15.8. The van der Waals surface area contributed by atoms with E-state index in [1.54, 1.807) is 6.07 Å². The number of anilines is 1. The molecule has 0 spiro atoms. The van der Waals surface area contributed by atoms with E-state index in [-0.39, 0.29) is 11.1 Å². The molecule has 1 aromatic carbocycles. The number of nitrogens with one attached hydrogen (secondary N) is 2. The first kappa shape index (κ1) is 16.6. The Labute approximate surface area is 122 Å². The molecule has 114 valence electrons. The molecule has 0 fully saturated rings. The molecule has 0 heterocycles. The lowest BCUT2D eigenvalue weighted by Crippen LogP contribution is -2.30. The fourth-order valence-corrected chi connectivity index (χ4v) is 1.89. The van der Waals surface area contributed by atoms with Crippen LogP contribution < -0.4 is 10.8 Å². The van der Waals surface area contributed by atoms with Crippen molar-refractivity contribution >= 4 is 23.9 Å². The van der Waals surface area contributed by atoms with Crippen molar-refractivity contribution < 1.29 is 24.3 Å². The molecule has 0 aromatic heterocycles. The Morgan fingerprint density at radius 2 is 2.14 bits per heavy atom. The molecule has 3 N–H and O–H groups in total. The number of ether oxygens (including phenoxy) is 1. The molecule has 1 atom stereocenters. The van der Waals surface area contributed by atoms with Gasteiger partial charge < -0.3 is 10.1 Å². The second-order valence-corrected chi connectivity index (χ2v) is 4.37. The monoisotopic (exact) mass is 294 g/mol. The van der Waals surface area contributed by atoms with Gasteiger partial charge in [0.15, 0.2) is 6.29 Å². The number of esters is 1. The number of hydroxylamine groups is 1. The number of aldehydes is 1. The molecule has 7 nitrogen and oxygen atoms in total. The van der Waals surface area contributed by atoms with Crippen LogP contribution in [0.15, 0.2) is 18.2 Å². The molecule has 0 aliphatic heterocycles. The standard InChI is InChI=1S/C14H18N2O5/c1-3-4-12(14(19)21-2)15-10-6-5-9(8-17)11(7-10)13(18)16-20/h5-8,12,15,20H,3-4H2,1-2H3,(H,16,18). The Morgan fingerprint density at radius 3 is 2.67 bits per heavy atom. The predicted molar refractivity (Wildman–Crippen MR) is 75.4 cm³/mol. The molecule has 0 saturated heterocycles. The van der Waals surface area contributed by atoms with Crippen molar-refractivity contribution in [3.05, 3.63) is 29.3 Å². The lowest BCUT2D eigenvalue weighted by atomic mass is 10.1. The largest absolute Gasteiger partial charge is 0.467 e. The van der Waals surface area contributed by atoms with Crippen molar-refractivity contribution in [2.45, 2.75) is 25.8 Å². The molecule has 0 saturated carbocycles. The minimum absolute atomic E-state index is 0.0117. The second kappa shape index (κ2) is 8.01. The first-order valence-corrected chi connectivity index (χ1v) is 6.45. The van der Waals surface area contributed by atoms with E-state index >= 15 is 0 Å². The highest BCUT2D eigenvalue weighted by atomic mass is 16.5. The topological polar surface area (TPSA) is 105 Å². The average Bonchev–Trinajstić information content (AvgIpc) is 2.52. The first-order valence-electron chi connectivity index (χ1n) is 6.45. The van der Waals surface area contributed by atoms with Gasteiger partial charge in [0, 0.05) is 11.3 Å². The van der Waals surface area contributed by atoms with Gasteiger partial charge in [-0.15, -0.1) is 0 Å². The molecule has 0 aliphatic rings. The van der Waals surface area contributed by atoms with E-state index in [1.807, 2.05) is 6.92 Å². The fourth-order valence-electron chi connectivity index (χ4n) is 1.89. The molecule has 7 heteroatoms. The van der Waals surface area contributed by atoms with Gasteiger partial charge in [0.1, 0.15) is 6.04 Å². The van der Waals surface area contributed by atoms with Gasteiger partial charge in [0.2, 0.25) is 0 Å². The molecule has 1 aromatic rings. The van der Waals surface area contributed by atoms with Crippen LogP contribution >= 0.6 is 0 Å². The lowest BCUT2D eigenvalue weighted by Gasteiger charge is -2.17. The fraction of sp³-hybridized carbons (Fsp3) is 0.357. The highest BCUT2D eigenvalue weighted by molar-refractivity contribution is 6.01. The van der Waals surface area contributed by atoms with Crippen LogP contribution in [0.5, 0.6) is 0 Å². The Hall–Kier alpha value is -2.41. The maximum atomic E-state index is 11.6. The van der Waals surface area contributed by atoms with E-state index in [0.29, 0.717) is 18.4 Å². The Kier molecular flexibility index (Phi) is 6.35. The zero-order valence-electron chi connectivity index (χ0n) is 11.9. The third-order valence-electron chi connectivity index (χ3n) is 2.93. The van der Waals surface area contributed by atoms with Crippen molar-refractivity contribution in [3.63, 3.8) is 0 Å². The van der Waals surface area contributed by atoms with Crippen molar-refractivity contribution in [3.8, 4) is 0 Å². The maximum Gasteiger partial charge on any atom is 0.328 e. The average molecular weight is 294 g/mol. The van der Waals surface area contributed by atoms with E-state index in [0.717, 1.165) is 6.42 Å². The van der Waals surface area contributed by atoms with Crippen molar-refractivity contribution in [1.29, 1.82) is 0 Å².